The highest BCUT2D eigenvalue weighted by Gasteiger charge is 2.46. The molecule has 29 heavy (non-hydrogen) atoms. The van der Waals surface area contributed by atoms with Gasteiger partial charge in [-0.2, -0.15) is 10.2 Å². The van der Waals surface area contributed by atoms with Crippen LogP contribution in [0.5, 0.6) is 5.75 Å². The van der Waals surface area contributed by atoms with Crippen LogP contribution < -0.4 is 5.43 Å². The van der Waals surface area contributed by atoms with Crippen molar-refractivity contribution in [3.63, 3.8) is 0 Å². The minimum Gasteiger partial charge on any atom is -0.508 e. The number of carboxylic acid groups (broad SMARTS) is 1. The molecule has 0 spiro atoms. The molecule has 9 heteroatoms. The fourth-order valence-electron chi connectivity index (χ4n) is 3.41. The maximum atomic E-state index is 11.8. The van der Waals surface area contributed by atoms with Crippen LogP contribution in [0.25, 0.3) is 5.70 Å². The molecule has 0 radical (unpaired) electrons. The number of phenolic OH excluding ortho intramolecular Hbond substituents is 1. The topological polar surface area (TPSA) is 130 Å². The molecule has 1 fully saturated rings. The lowest BCUT2D eigenvalue weighted by Crippen LogP contribution is -2.42. The Morgan fingerprint density at radius 2 is 1.83 bits per heavy atom. The highest BCUT2D eigenvalue weighted by atomic mass is 16.4. The number of hydrogen-bond acceptors (Lipinski definition) is 8. The monoisotopic (exact) mass is 393 g/mol. The van der Waals surface area contributed by atoms with Gasteiger partial charge in [0.25, 0.3) is 0 Å². The van der Waals surface area contributed by atoms with Crippen LogP contribution in [-0.4, -0.2) is 50.4 Å². The van der Waals surface area contributed by atoms with Crippen molar-refractivity contribution in [1.82, 2.24) is 10.4 Å². The molecule has 0 aromatic heterocycles. The van der Waals surface area contributed by atoms with Gasteiger partial charge in [-0.1, -0.05) is 18.2 Å². The van der Waals surface area contributed by atoms with E-state index >= 15 is 0 Å². The number of fused-ring (bicyclic) bond motifs is 1. The number of carbonyl (C=O) groups is 1. The molecule has 0 bridgehead atoms. The van der Waals surface area contributed by atoms with Gasteiger partial charge < -0.3 is 15.3 Å². The second kappa shape index (κ2) is 7.46. The highest BCUT2D eigenvalue weighted by Crippen LogP contribution is 2.35. The summed E-state index contributed by atoms with van der Waals surface area (Å²) >= 11 is 0. The Labute approximate surface area is 166 Å². The van der Waals surface area contributed by atoms with E-state index in [2.05, 4.69) is 20.6 Å². The third kappa shape index (κ3) is 3.48. The molecular weight excluding hydrogens is 374 g/mol. The molecule has 2 aromatic rings. The van der Waals surface area contributed by atoms with Gasteiger partial charge in [0.15, 0.2) is 12.2 Å². The largest absolute Gasteiger partial charge is 0.508 e. The van der Waals surface area contributed by atoms with Crippen molar-refractivity contribution in [1.29, 1.82) is 0 Å². The zero-order chi connectivity index (χ0) is 20.5. The number of aliphatic carboxylic acids is 1. The molecule has 3 atom stereocenters. The number of hydrogen-bond donors (Lipinski definition) is 4. The Hall–Kier alpha value is -3.56. The lowest BCUT2D eigenvalue weighted by Gasteiger charge is -2.32. The Balaban J connectivity index is 1.75. The number of aliphatic hydroxyl groups is 1. The number of azo groups is 1. The van der Waals surface area contributed by atoms with E-state index in [1.807, 2.05) is 18.2 Å². The van der Waals surface area contributed by atoms with E-state index in [0.29, 0.717) is 22.5 Å². The SMILES string of the molecule is CC1=C(c2ccc(O)cc2)N2NC(O)C(N=Nc3ccccc3)C2N=C1C(=O)O. The Morgan fingerprint density at radius 3 is 2.48 bits per heavy atom. The van der Waals surface area contributed by atoms with Crippen molar-refractivity contribution in [3.05, 3.63) is 65.7 Å². The molecule has 2 aromatic carbocycles. The third-order valence-corrected chi connectivity index (χ3v) is 4.78. The molecule has 148 valence electrons. The summed E-state index contributed by atoms with van der Waals surface area (Å²) in [7, 11) is 0. The molecule has 0 saturated carbocycles. The van der Waals surface area contributed by atoms with E-state index in [1.54, 1.807) is 36.2 Å². The molecule has 2 aliphatic heterocycles. The number of aliphatic hydroxyl groups excluding tert-OH is 1. The summed E-state index contributed by atoms with van der Waals surface area (Å²) in [6, 6.07) is 14.6. The van der Waals surface area contributed by atoms with E-state index < -0.39 is 24.4 Å². The smallest absolute Gasteiger partial charge is 0.354 e. The van der Waals surface area contributed by atoms with Crippen LogP contribution in [0.2, 0.25) is 0 Å². The van der Waals surface area contributed by atoms with Crippen molar-refractivity contribution < 1.29 is 20.1 Å². The Bertz CT molecular complexity index is 1020. The zero-order valence-electron chi connectivity index (χ0n) is 15.5. The van der Waals surface area contributed by atoms with Crippen LogP contribution in [0.1, 0.15) is 12.5 Å². The first-order chi connectivity index (χ1) is 14.0. The quantitative estimate of drug-likeness (QED) is 0.590. The van der Waals surface area contributed by atoms with Gasteiger partial charge in [0, 0.05) is 5.57 Å². The fraction of sp³-hybridized carbons (Fsp3) is 0.200. The summed E-state index contributed by atoms with van der Waals surface area (Å²) in [5.41, 5.74) is 5.05. The Kier molecular flexibility index (Phi) is 4.83. The summed E-state index contributed by atoms with van der Waals surface area (Å²) in [6.07, 6.45) is -1.90. The van der Waals surface area contributed by atoms with Crippen LogP contribution in [0.4, 0.5) is 5.69 Å². The van der Waals surface area contributed by atoms with E-state index in [9.17, 15) is 20.1 Å². The molecule has 4 N–H and O–H groups in total. The van der Waals surface area contributed by atoms with Crippen LogP contribution >= 0.6 is 0 Å². The number of nitrogens with zero attached hydrogens (tertiary/aromatic N) is 4. The number of aromatic hydroxyl groups is 1. The van der Waals surface area contributed by atoms with Crippen molar-refractivity contribution >= 4 is 23.1 Å². The summed E-state index contributed by atoms with van der Waals surface area (Å²) in [6.45, 7) is 1.65. The van der Waals surface area contributed by atoms with Crippen LogP contribution in [-0.2, 0) is 4.79 Å². The lowest BCUT2D eigenvalue weighted by molar-refractivity contribution is -0.129. The van der Waals surface area contributed by atoms with Crippen molar-refractivity contribution in [2.75, 3.05) is 0 Å². The number of benzene rings is 2. The normalized spacial score (nSPS) is 24.0. The molecular formula is C20H19N5O4. The van der Waals surface area contributed by atoms with E-state index in [4.69, 9.17) is 0 Å². The lowest BCUT2D eigenvalue weighted by atomic mass is 10.00. The molecule has 4 rings (SSSR count). The molecule has 0 amide bonds. The average Bonchev–Trinajstić information content (AvgIpc) is 3.02. The number of aliphatic imine (C=N–C) groups is 1. The van der Waals surface area contributed by atoms with Crippen LogP contribution in [0, 0.1) is 0 Å². The van der Waals surface area contributed by atoms with Crippen molar-refractivity contribution in [2.45, 2.75) is 25.4 Å². The van der Waals surface area contributed by atoms with E-state index in [0.717, 1.165) is 0 Å². The minimum absolute atomic E-state index is 0.0930. The van der Waals surface area contributed by atoms with Gasteiger partial charge in [0.2, 0.25) is 0 Å². The van der Waals surface area contributed by atoms with Gasteiger partial charge in [-0.3, -0.25) is 5.01 Å². The van der Waals surface area contributed by atoms with Gasteiger partial charge in [-0.25, -0.2) is 15.2 Å². The molecule has 2 heterocycles. The van der Waals surface area contributed by atoms with Crippen molar-refractivity contribution in [3.8, 4) is 5.75 Å². The summed E-state index contributed by atoms with van der Waals surface area (Å²) in [4.78, 5) is 16.1. The summed E-state index contributed by atoms with van der Waals surface area (Å²) in [5, 5.41) is 39.7. The second-order valence-electron chi connectivity index (χ2n) is 6.70. The van der Waals surface area contributed by atoms with Crippen molar-refractivity contribution in [2.24, 2.45) is 15.2 Å². The maximum absolute atomic E-state index is 11.8. The van der Waals surface area contributed by atoms with Gasteiger partial charge in [-0.15, -0.1) is 0 Å². The van der Waals surface area contributed by atoms with Gasteiger partial charge in [0.1, 0.15) is 17.7 Å². The van der Waals surface area contributed by atoms with Crippen LogP contribution in [0.15, 0.2) is 75.4 Å². The number of hydrazine groups is 1. The van der Waals surface area contributed by atoms with E-state index in [1.165, 1.54) is 12.1 Å². The first-order valence-corrected chi connectivity index (χ1v) is 8.97. The van der Waals surface area contributed by atoms with Gasteiger partial charge >= 0.3 is 5.97 Å². The first-order valence-electron chi connectivity index (χ1n) is 8.97. The predicted molar refractivity (Wildman–Crippen MR) is 105 cm³/mol. The zero-order valence-corrected chi connectivity index (χ0v) is 15.5. The number of rotatable bonds is 4. The molecule has 2 aliphatic rings. The molecule has 0 aliphatic carbocycles. The number of carboxylic acids is 1. The molecule has 1 saturated heterocycles. The first kappa shape index (κ1) is 18.8. The van der Waals surface area contributed by atoms with Gasteiger partial charge in [0.05, 0.1) is 11.4 Å². The summed E-state index contributed by atoms with van der Waals surface area (Å²) in [5.74, 6) is -1.07. The average molecular weight is 393 g/mol. The van der Waals surface area contributed by atoms with Crippen LogP contribution in [0.3, 0.4) is 0 Å². The Morgan fingerprint density at radius 1 is 1.14 bits per heavy atom. The fourth-order valence-corrected chi connectivity index (χ4v) is 3.41. The predicted octanol–water partition coefficient (Wildman–Crippen LogP) is 2.28. The minimum atomic E-state index is -1.17. The standard InChI is InChI=1S/C20H19N5O4/c1-11-15(20(28)29)21-18-16(23-22-13-5-3-2-4-6-13)19(27)24-25(18)17(11)12-7-9-14(26)10-8-12/h2-10,16,18-19,24,26-27H,1H3,(H,28,29). The van der Waals surface area contributed by atoms with Gasteiger partial charge in [-0.05, 0) is 48.9 Å². The number of phenols is 1. The number of nitrogens with one attached hydrogen (secondary N) is 1. The third-order valence-electron chi connectivity index (χ3n) is 4.78. The maximum Gasteiger partial charge on any atom is 0.354 e. The highest BCUT2D eigenvalue weighted by molar-refractivity contribution is 6.44. The summed E-state index contributed by atoms with van der Waals surface area (Å²) < 4.78 is 0. The second-order valence-corrected chi connectivity index (χ2v) is 6.70. The molecule has 9 nitrogen and oxygen atoms in total. The molecule has 3 unspecified atom stereocenters. The van der Waals surface area contributed by atoms with E-state index in [-0.39, 0.29) is 11.5 Å².